The van der Waals surface area contributed by atoms with Gasteiger partial charge in [0.2, 0.25) is 5.91 Å². The predicted octanol–water partition coefficient (Wildman–Crippen LogP) is 2.00. The summed E-state index contributed by atoms with van der Waals surface area (Å²) < 4.78 is 23.3. The minimum absolute atomic E-state index is 0.308. The first-order chi connectivity index (χ1) is 13.1. The Morgan fingerprint density at radius 1 is 1.11 bits per heavy atom. The molecule has 0 bridgehead atoms. The van der Waals surface area contributed by atoms with Crippen LogP contribution in [0, 0.1) is 11.7 Å². The molecule has 1 aliphatic rings. The van der Waals surface area contributed by atoms with E-state index in [4.69, 9.17) is 9.47 Å². The number of carbonyl (C=O) groups is 3. The number of likely N-dealkylation sites (tertiary alicyclic amines) is 1. The minimum atomic E-state index is -0.564. The molecule has 1 saturated heterocycles. The Labute approximate surface area is 163 Å². The van der Waals surface area contributed by atoms with Gasteiger partial charge < -0.3 is 14.4 Å². The van der Waals surface area contributed by atoms with Crippen molar-refractivity contribution < 1.29 is 28.2 Å². The van der Waals surface area contributed by atoms with Crippen LogP contribution >= 0.6 is 0 Å². The smallest absolute Gasteiger partial charge is 0.410 e. The molecule has 8 nitrogen and oxygen atoms in total. The summed E-state index contributed by atoms with van der Waals surface area (Å²) in [6, 6.07) is 5.25. The van der Waals surface area contributed by atoms with Crippen LogP contribution in [0.1, 0.15) is 33.6 Å². The van der Waals surface area contributed by atoms with Gasteiger partial charge in [0, 0.05) is 19.0 Å². The Kier molecular flexibility index (Phi) is 7.19. The van der Waals surface area contributed by atoms with E-state index in [1.165, 1.54) is 24.3 Å². The molecule has 0 saturated carbocycles. The van der Waals surface area contributed by atoms with Crippen LogP contribution in [0.2, 0.25) is 0 Å². The third-order valence-corrected chi connectivity index (χ3v) is 4.03. The van der Waals surface area contributed by atoms with Crippen LogP contribution in [-0.2, 0) is 14.3 Å². The summed E-state index contributed by atoms with van der Waals surface area (Å²) in [5.41, 5.74) is 4.09. The Morgan fingerprint density at radius 3 is 2.29 bits per heavy atom. The number of ether oxygens (including phenoxy) is 2. The lowest BCUT2D eigenvalue weighted by atomic mass is 9.96. The number of carbonyl (C=O) groups excluding carboxylic acids is 3. The summed E-state index contributed by atoms with van der Waals surface area (Å²) in [4.78, 5) is 37.5. The van der Waals surface area contributed by atoms with E-state index in [-0.39, 0.29) is 18.4 Å². The molecule has 1 aliphatic heterocycles. The lowest BCUT2D eigenvalue weighted by Crippen LogP contribution is -2.49. The molecule has 0 aliphatic carbocycles. The molecule has 0 unspecified atom stereocenters. The van der Waals surface area contributed by atoms with Crippen molar-refractivity contribution in [3.05, 3.63) is 30.1 Å². The van der Waals surface area contributed by atoms with Crippen molar-refractivity contribution in [2.24, 2.45) is 5.92 Å². The largest absolute Gasteiger partial charge is 0.484 e. The van der Waals surface area contributed by atoms with Gasteiger partial charge in [-0.1, -0.05) is 0 Å². The van der Waals surface area contributed by atoms with Crippen molar-refractivity contribution in [2.75, 3.05) is 19.7 Å². The zero-order chi connectivity index (χ0) is 20.7. The minimum Gasteiger partial charge on any atom is -0.484 e. The van der Waals surface area contributed by atoms with Crippen LogP contribution in [0.4, 0.5) is 9.18 Å². The van der Waals surface area contributed by atoms with E-state index in [0.29, 0.717) is 31.7 Å². The van der Waals surface area contributed by atoms with Crippen molar-refractivity contribution in [2.45, 2.75) is 39.2 Å². The maximum Gasteiger partial charge on any atom is 0.410 e. The highest BCUT2D eigenvalue weighted by Gasteiger charge is 2.30. The van der Waals surface area contributed by atoms with E-state index in [9.17, 15) is 18.8 Å². The fraction of sp³-hybridized carbons (Fsp3) is 0.526. The third-order valence-electron chi connectivity index (χ3n) is 4.03. The molecular weight excluding hydrogens is 369 g/mol. The number of rotatable bonds is 4. The van der Waals surface area contributed by atoms with Gasteiger partial charge in [-0.2, -0.15) is 0 Å². The number of hydrogen-bond acceptors (Lipinski definition) is 5. The van der Waals surface area contributed by atoms with Crippen molar-refractivity contribution in [1.29, 1.82) is 0 Å². The molecule has 1 aromatic rings. The van der Waals surface area contributed by atoms with Gasteiger partial charge in [-0.05, 0) is 57.9 Å². The first kappa shape index (κ1) is 21.5. The van der Waals surface area contributed by atoms with Crippen LogP contribution in [0.25, 0.3) is 0 Å². The van der Waals surface area contributed by atoms with Crippen LogP contribution in [0.3, 0.4) is 0 Å². The monoisotopic (exact) mass is 395 g/mol. The Morgan fingerprint density at radius 2 is 1.71 bits per heavy atom. The summed E-state index contributed by atoms with van der Waals surface area (Å²) in [6.45, 7) is 5.90. The molecule has 2 rings (SSSR count). The second-order valence-electron chi connectivity index (χ2n) is 7.52. The molecule has 1 fully saturated rings. The number of nitrogens with one attached hydrogen (secondary N) is 2. The summed E-state index contributed by atoms with van der Waals surface area (Å²) in [5.74, 6) is -1.22. The number of nitrogens with zero attached hydrogens (tertiary/aromatic N) is 1. The average molecular weight is 395 g/mol. The van der Waals surface area contributed by atoms with Gasteiger partial charge in [-0.3, -0.25) is 20.4 Å². The number of hydrazine groups is 1. The number of benzene rings is 1. The topological polar surface area (TPSA) is 97.0 Å². The highest BCUT2D eigenvalue weighted by molar-refractivity contribution is 5.84. The van der Waals surface area contributed by atoms with E-state index < -0.39 is 23.4 Å². The van der Waals surface area contributed by atoms with Gasteiger partial charge >= 0.3 is 6.09 Å². The quantitative estimate of drug-likeness (QED) is 0.760. The maximum atomic E-state index is 12.8. The Hall–Kier alpha value is -2.84. The molecule has 0 spiro atoms. The second-order valence-corrected chi connectivity index (χ2v) is 7.52. The fourth-order valence-corrected chi connectivity index (χ4v) is 2.60. The molecule has 3 amide bonds. The standard InChI is InChI=1S/C19H26FN3O5/c1-19(2,3)28-18(26)23-10-8-13(9-11-23)17(25)22-21-16(24)12-27-15-6-4-14(20)5-7-15/h4-7,13H,8-12H2,1-3H3,(H,21,24)(H,22,25). The lowest BCUT2D eigenvalue weighted by Gasteiger charge is -2.32. The van der Waals surface area contributed by atoms with Crippen LogP contribution in [0.5, 0.6) is 5.75 Å². The number of piperidine rings is 1. The van der Waals surface area contributed by atoms with E-state index in [2.05, 4.69) is 10.9 Å². The second kappa shape index (κ2) is 9.38. The summed E-state index contributed by atoms with van der Waals surface area (Å²) >= 11 is 0. The van der Waals surface area contributed by atoms with Gasteiger partial charge in [0.15, 0.2) is 6.61 Å². The van der Waals surface area contributed by atoms with Crippen LogP contribution < -0.4 is 15.6 Å². The maximum absolute atomic E-state index is 12.8. The third kappa shape index (κ3) is 7.05. The van der Waals surface area contributed by atoms with E-state index in [0.717, 1.165) is 0 Å². The van der Waals surface area contributed by atoms with E-state index >= 15 is 0 Å². The van der Waals surface area contributed by atoms with Gasteiger partial charge in [0.1, 0.15) is 17.2 Å². The molecule has 1 aromatic carbocycles. The van der Waals surface area contributed by atoms with Gasteiger partial charge in [0.25, 0.3) is 5.91 Å². The molecule has 0 atom stereocenters. The molecule has 0 aromatic heterocycles. The highest BCUT2D eigenvalue weighted by atomic mass is 19.1. The van der Waals surface area contributed by atoms with Crippen molar-refractivity contribution in [3.8, 4) is 5.75 Å². The van der Waals surface area contributed by atoms with Gasteiger partial charge in [-0.25, -0.2) is 9.18 Å². The van der Waals surface area contributed by atoms with Crippen molar-refractivity contribution >= 4 is 17.9 Å². The molecule has 0 radical (unpaired) electrons. The average Bonchev–Trinajstić information content (AvgIpc) is 2.64. The van der Waals surface area contributed by atoms with Gasteiger partial charge in [-0.15, -0.1) is 0 Å². The first-order valence-electron chi connectivity index (χ1n) is 9.09. The zero-order valence-electron chi connectivity index (χ0n) is 16.3. The van der Waals surface area contributed by atoms with Crippen LogP contribution in [0.15, 0.2) is 24.3 Å². The molecular formula is C19H26FN3O5. The van der Waals surface area contributed by atoms with Crippen LogP contribution in [-0.4, -0.2) is 48.1 Å². The first-order valence-corrected chi connectivity index (χ1v) is 9.09. The Bertz CT molecular complexity index is 695. The number of halogens is 1. The van der Waals surface area contributed by atoms with Crippen molar-refractivity contribution in [1.82, 2.24) is 15.8 Å². The Balaban J connectivity index is 1.67. The normalized spacial score (nSPS) is 14.9. The summed E-state index contributed by atoms with van der Waals surface area (Å²) in [5, 5.41) is 0. The SMILES string of the molecule is CC(C)(C)OC(=O)N1CCC(C(=O)NNC(=O)COc2ccc(F)cc2)CC1. The van der Waals surface area contributed by atoms with Gasteiger partial charge in [0.05, 0.1) is 0 Å². The lowest BCUT2D eigenvalue weighted by molar-refractivity contribution is -0.133. The summed E-state index contributed by atoms with van der Waals surface area (Å²) in [6.07, 6.45) is 0.567. The zero-order valence-corrected chi connectivity index (χ0v) is 16.3. The predicted molar refractivity (Wildman–Crippen MR) is 98.7 cm³/mol. The fourth-order valence-electron chi connectivity index (χ4n) is 2.60. The number of hydrogen-bond donors (Lipinski definition) is 2. The van der Waals surface area contributed by atoms with Crippen molar-refractivity contribution in [3.63, 3.8) is 0 Å². The molecule has 9 heteroatoms. The number of amides is 3. The highest BCUT2D eigenvalue weighted by Crippen LogP contribution is 2.19. The molecule has 154 valence electrons. The van der Waals surface area contributed by atoms with E-state index in [1.54, 1.807) is 25.7 Å². The summed E-state index contributed by atoms with van der Waals surface area (Å²) in [7, 11) is 0. The molecule has 2 N–H and O–H groups in total. The van der Waals surface area contributed by atoms with E-state index in [1.807, 2.05) is 0 Å². The molecule has 1 heterocycles. The molecule has 28 heavy (non-hydrogen) atoms.